The van der Waals surface area contributed by atoms with E-state index in [0.717, 1.165) is 31.3 Å². The second-order valence-corrected chi connectivity index (χ2v) is 5.25. The Morgan fingerprint density at radius 1 is 1.65 bits per heavy atom. The maximum atomic E-state index is 5.99. The first-order chi connectivity index (χ1) is 9.61. The van der Waals surface area contributed by atoms with Crippen LogP contribution >= 0.6 is 0 Å². The fourth-order valence-corrected chi connectivity index (χ4v) is 2.36. The number of nitrogens with two attached hydrogens (primary N) is 1. The second kappa shape index (κ2) is 6.76. The number of aromatic nitrogens is 1. The lowest BCUT2D eigenvalue weighted by molar-refractivity contribution is 0.0985. The lowest BCUT2D eigenvalue weighted by Gasteiger charge is -2.34. The van der Waals surface area contributed by atoms with Crippen molar-refractivity contribution in [3.05, 3.63) is 12.3 Å². The summed E-state index contributed by atoms with van der Waals surface area (Å²) in [6.07, 6.45) is 1.71. The van der Waals surface area contributed by atoms with Crippen molar-refractivity contribution >= 4 is 17.2 Å². The van der Waals surface area contributed by atoms with Crippen molar-refractivity contribution < 1.29 is 9.47 Å². The molecule has 0 spiro atoms. The third-order valence-corrected chi connectivity index (χ3v) is 3.40. The quantitative estimate of drug-likeness (QED) is 0.848. The Bertz CT molecular complexity index is 441. The number of hydrogen-bond donors (Lipinski definition) is 2. The Hall–Kier alpha value is -1.53. The molecule has 6 heteroatoms. The molecule has 3 N–H and O–H groups in total. The van der Waals surface area contributed by atoms with E-state index in [1.54, 1.807) is 13.3 Å². The maximum absolute atomic E-state index is 5.99. The third-order valence-electron chi connectivity index (χ3n) is 3.40. The van der Waals surface area contributed by atoms with Gasteiger partial charge in [-0.2, -0.15) is 0 Å². The summed E-state index contributed by atoms with van der Waals surface area (Å²) in [6.45, 7) is 7.14. The highest BCUT2D eigenvalue weighted by Crippen LogP contribution is 2.25. The number of nitrogen functional groups attached to an aromatic ring is 1. The molecule has 1 aromatic heterocycles. The number of ether oxygens (including phenoxy) is 2. The molecule has 0 radical (unpaired) electrons. The molecule has 112 valence electrons. The van der Waals surface area contributed by atoms with Crippen LogP contribution in [-0.4, -0.2) is 50.5 Å². The van der Waals surface area contributed by atoms with E-state index in [0.29, 0.717) is 18.3 Å². The molecule has 1 aliphatic rings. The van der Waals surface area contributed by atoms with Gasteiger partial charge in [-0.05, 0) is 13.8 Å². The van der Waals surface area contributed by atoms with Gasteiger partial charge < -0.3 is 25.4 Å². The van der Waals surface area contributed by atoms with Gasteiger partial charge in [0.05, 0.1) is 43.4 Å². The lowest BCUT2D eigenvalue weighted by atomic mass is 10.2. The number of nitrogens with one attached hydrogen (secondary N) is 1. The minimum absolute atomic E-state index is 0.194. The molecule has 0 bridgehead atoms. The average molecular weight is 280 g/mol. The van der Waals surface area contributed by atoms with Gasteiger partial charge >= 0.3 is 0 Å². The molecular weight excluding hydrogens is 256 g/mol. The van der Waals surface area contributed by atoms with Crippen LogP contribution in [0.15, 0.2) is 12.3 Å². The zero-order chi connectivity index (χ0) is 14.5. The van der Waals surface area contributed by atoms with Gasteiger partial charge in [0, 0.05) is 25.8 Å². The maximum Gasteiger partial charge on any atom is 0.131 e. The molecule has 0 aromatic carbocycles. The van der Waals surface area contributed by atoms with Gasteiger partial charge in [-0.3, -0.25) is 0 Å². The van der Waals surface area contributed by atoms with Crippen LogP contribution in [-0.2, 0) is 9.47 Å². The number of pyridine rings is 1. The standard InChI is InChI=1S/C14H24N4O2/c1-10(8-19-3)17-13-6-14(16-7-12(13)15)18-4-5-20-9-11(18)2/h6-7,10-11H,4-5,8-9,15H2,1-3H3,(H,16,17)/t10-,11-/m0/s1. The number of methoxy groups -OCH3 is 1. The zero-order valence-corrected chi connectivity index (χ0v) is 12.4. The normalized spacial score (nSPS) is 20.8. The van der Waals surface area contributed by atoms with Crippen LogP contribution in [0.4, 0.5) is 17.2 Å². The molecule has 0 amide bonds. The smallest absolute Gasteiger partial charge is 0.131 e. The van der Waals surface area contributed by atoms with E-state index in [2.05, 4.69) is 29.0 Å². The van der Waals surface area contributed by atoms with Gasteiger partial charge in [0.25, 0.3) is 0 Å². The summed E-state index contributed by atoms with van der Waals surface area (Å²) < 4.78 is 10.6. The summed E-state index contributed by atoms with van der Waals surface area (Å²) in [5, 5.41) is 3.36. The van der Waals surface area contributed by atoms with E-state index >= 15 is 0 Å². The zero-order valence-electron chi connectivity index (χ0n) is 12.4. The van der Waals surface area contributed by atoms with Crippen molar-refractivity contribution in [2.75, 3.05) is 49.4 Å². The van der Waals surface area contributed by atoms with Crippen LogP contribution < -0.4 is 16.0 Å². The van der Waals surface area contributed by atoms with Crippen molar-refractivity contribution in [3.63, 3.8) is 0 Å². The summed E-state index contributed by atoms with van der Waals surface area (Å²) in [4.78, 5) is 6.69. The molecule has 2 rings (SSSR count). The van der Waals surface area contributed by atoms with Gasteiger partial charge in [0.2, 0.25) is 0 Å². The molecule has 0 aliphatic carbocycles. The molecule has 0 saturated carbocycles. The fraction of sp³-hybridized carbons (Fsp3) is 0.643. The summed E-state index contributed by atoms with van der Waals surface area (Å²) in [7, 11) is 1.69. The number of anilines is 3. The molecule has 1 fully saturated rings. The number of rotatable bonds is 5. The predicted octanol–water partition coefficient (Wildman–Crippen LogP) is 1.34. The van der Waals surface area contributed by atoms with E-state index in [1.165, 1.54) is 0 Å². The summed E-state index contributed by atoms with van der Waals surface area (Å²) in [6, 6.07) is 2.52. The van der Waals surface area contributed by atoms with E-state index < -0.39 is 0 Å². The first kappa shape index (κ1) is 14.9. The van der Waals surface area contributed by atoms with E-state index in [-0.39, 0.29) is 6.04 Å². The molecule has 1 saturated heterocycles. The third kappa shape index (κ3) is 3.52. The van der Waals surface area contributed by atoms with E-state index in [9.17, 15) is 0 Å². The molecule has 2 heterocycles. The molecule has 0 unspecified atom stereocenters. The molecule has 6 nitrogen and oxygen atoms in total. The van der Waals surface area contributed by atoms with Crippen molar-refractivity contribution in [2.24, 2.45) is 0 Å². The molecule has 1 aliphatic heterocycles. The highest BCUT2D eigenvalue weighted by atomic mass is 16.5. The largest absolute Gasteiger partial charge is 0.396 e. The minimum Gasteiger partial charge on any atom is -0.396 e. The first-order valence-corrected chi connectivity index (χ1v) is 6.97. The Kier molecular flexibility index (Phi) is 5.03. The van der Waals surface area contributed by atoms with Crippen molar-refractivity contribution in [3.8, 4) is 0 Å². The monoisotopic (exact) mass is 280 g/mol. The van der Waals surface area contributed by atoms with Crippen LogP contribution in [0.2, 0.25) is 0 Å². The van der Waals surface area contributed by atoms with Crippen molar-refractivity contribution in [2.45, 2.75) is 25.9 Å². The molecule has 2 atom stereocenters. The van der Waals surface area contributed by atoms with Crippen molar-refractivity contribution in [1.29, 1.82) is 0 Å². The lowest BCUT2D eigenvalue weighted by Crippen LogP contribution is -2.44. The Balaban J connectivity index is 2.15. The highest BCUT2D eigenvalue weighted by Gasteiger charge is 2.21. The van der Waals surface area contributed by atoms with Gasteiger partial charge in [0.1, 0.15) is 5.82 Å². The van der Waals surface area contributed by atoms with Gasteiger partial charge in [-0.25, -0.2) is 4.98 Å². The minimum atomic E-state index is 0.194. The van der Waals surface area contributed by atoms with Crippen LogP contribution in [0.25, 0.3) is 0 Å². The van der Waals surface area contributed by atoms with Gasteiger partial charge in [-0.1, -0.05) is 0 Å². The molecular formula is C14H24N4O2. The van der Waals surface area contributed by atoms with Crippen LogP contribution in [0, 0.1) is 0 Å². The summed E-state index contributed by atoms with van der Waals surface area (Å²) in [5.74, 6) is 0.933. The SMILES string of the molecule is COC[C@H](C)Nc1cc(N2CCOC[C@@H]2C)ncc1N. The summed E-state index contributed by atoms with van der Waals surface area (Å²) in [5.41, 5.74) is 7.54. The van der Waals surface area contributed by atoms with E-state index in [1.807, 2.05) is 6.07 Å². The van der Waals surface area contributed by atoms with Crippen LogP contribution in [0.5, 0.6) is 0 Å². The number of nitrogens with zero attached hydrogens (tertiary/aromatic N) is 2. The average Bonchev–Trinajstić information content (AvgIpc) is 2.42. The second-order valence-electron chi connectivity index (χ2n) is 5.25. The van der Waals surface area contributed by atoms with Gasteiger partial charge in [0.15, 0.2) is 0 Å². The van der Waals surface area contributed by atoms with E-state index in [4.69, 9.17) is 15.2 Å². The van der Waals surface area contributed by atoms with Gasteiger partial charge in [-0.15, -0.1) is 0 Å². The molecule has 20 heavy (non-hydrogen) atoms. The Morgan fingerprint density at radius 3 is 3.15 bits per heavy atom. The first-order valence-electron chi connectivity index (χ1n) is 6.97. The number of morpholine rings is 1. The highest BCUT2D eigenvalue weighted by molar-refractivity contribution is 5.69. The fourth-order valence-electron chi connectivity index (χ4n) is 2.36. The van der Waals surface area contributed by atoms with Crippen LogP contribution in [0.1, 0.15) is 13.8 Å². The predicted molar refractivity (Wildman–Crippen MR) is 81.2 cm³/mol. The Labute approximate surface area is 120 Å². The van der Waals surface area contributed by atoms with Crippen LogP contribution in [0.3, 0.4) is 0 Å². The Morgan fingerprint density at radius 2 is 2.45 bits per heavy atom. The molecule has 1 aromatic rings. The number of hydrogen-bond acceptors (Lipinski definition) is 6. The topological polar surface area (TPSA) is 72.6 Å². The summed E-state index contributed by atoms with van der Waals surface area (Å²) >= 11 is 0. The van der Waals surface area contributed by atoms with Crippen molar-refractivity contribution in [1.82, 2.24) is 4.98 Å².